The molecule has 95 heavy (non-hydrogen) atoms. The summed E-state index contributed by atoms with van der Waals surface area (Å²) in [6, 6.07) is 12.1. The van der Waals surface area contributed by atoms with Crippen molar-refractivity contribution in [3.63, 3.8) is 0 Å². The van der Waals surface area contributed by atoms with Crippen molar-refractivity contribution in [3.05, 3.63) is 83.9 Å². The molecule has 4 aliphatic heterocycles. The van der Waals surface area contributed by atoms with Crippen LogP contribution in [0.3, 0.4) is 0 Å². The van der Waals surface area contributed by atoms with Gasteiger partial charge in [-0.25, -0.2) is 14.0 Å². The van der Waals surface area contributed by atoms with Crippen molar-refractivity contribution in [1.82, 2.24) is 0 Å². The van der Waals surface area contributed by atoms with Crippen LogP contribution < -0.4 is 33.2 Å². The summed E-state index contributed by atoms with van der Waals surface area (Å²) >= 11 is 0. The van der Waals surface area contributed by atoms with Gasteiger partial charge < -0.3 is 153 Å². The number of methoxy groups -OCH3 is 4. The molecule has 5 aromatic rings. The minimum Gasteiger partial charge on any atom is -0.507 e. The van der Waals surface area contributed by atoms with Crippen LogP contribution in [0, 0.1) is 0 Å². The molecule has 20 atom stereocenters. The van der Waals surface area contributed by atoms with E-state index in [2.05, 4.69) is 0 Å². The van der Waals surface area contributed by atoms with Crippen molar-refractivity contribution in [1.29, 1.82) is 0 Å². The normalized spacial score (nSPS) is 31.0. The molecule has 4 fully saturated rings. The quantitative estimate of drug-likeness (QED) is 0.0178. The van der Waals surface area contributed by atoms with Crippen LogP contribution in [0.2, 0.25) is 0 Å². The summed E-state index contributed by atoms with van der Waals surface area (Å²) in [5, 5.41) is 184. The molecule has 4 aliphatic rings. The predicted molar refractivity (Wildman–Crippen MR) is 313 cm³/mol. The highest BCUT2D eigenvalue weighted by atomic mass is 16.7. The molecule has 20 unspecified atom stereocenters. The number of hydrogen-bond acceptors (Lipinski definition) is 33. The van der Waals surface area contributed by atoms with Crippen LogP contribution in [0.1, 0.15) is 11.1 Å². The van der Waals surface area contributed by atoms with Crippen molar-refractivity contribution in [2.24, 2.45) is 0 Å². The van der Waals surface area contributed by atoms with E-state index in [4.69, 9.17) is 70.7 Å². The summed E-state index contributed by atoms with van der Waals surface area (Å²) < 4.78 is 83.6. The maximum absolute atomic E-state index is 12.8. The van der Waals surface area contributed by atoms with Crippen LogP contribution in [-0.4, -0.2) is 276 Å². The molecule has 9 rings (SSSR count). The topological polar surface area (TPSA) is 519 Å². The fourth-order valence-corrected chi connectivity index (χ4v) is 10.3. The largest absolute Gasteiger partial charge is 0.507 e. The second-order valence-electron chi connectivity index (χ2n) is 21.9. The van der Waals surface area contributed by atoms with E-state index < -0.39 is 190 Å². The lowest BCUT2D eigenvalue weighted by Crippen LogP contribution is -2.62. The molecule has 34 nitrogen and oxygen atoms in total. The number of esters is 2. The Morgan fingerprint density at radius 1 is 0.442 bits per heavy atom. The number of hydrogen-bond donors (Lipinski definition) is 17. The van der Waals surface area contributed by atoms with Crippen LogP contribution >= 0.6 is 0 Å². The number of aliphatic hydroxyl groups is 13. The first-order chi connectivity index (χ1) is 45.3. The number of benzene rings is 4. The maximum atomic E-state index is 12.8. The molecule has 0 saturated carbocycles. The molecule has 0 bridgehead atoms. The fourth-order valence-electron chi connectivity index (χ4n) is 10.3. The van der Waals surface area contributed by atoms with Crippen LogP contribution in [0.4, 0.5) is 0 Å². The number of phenols is 4. The Morgan fingerprint density at radius 2 is 0.853 bits per heavy atom. The van der Waals surface area contributed by atoms with Gasteiger partial charge in [-0.2, -0.15) is 0 Å². The van der Waals surface area contributed by atoms with Gasteiger partial charge in [-0.15, -0.1) is 0 Å². The molecular weight excluding hydrogens is 1280 g/mol. The summed E-state index contributed by atoms with van der Waals surface area (Å²) in [7, 11) is 5.20. The molecule has 4 aromatic carbocycles. The van der Waals surface area contributed by atoms with Gasteiger partial charge in [-0.1, -0.05) is 0 Å². The number of phenolic OH excluding ortho intramolecular Hbond substituents is 4. The monoisotopic (exact) mass is 1350 g/mol. The van der Waals surface area contributed by atoms with Gasteiger partial charge in [-0.05, 0) is 59.7 Å². The highest BCUT2D eigenvalue weighted by Crippen LogP contribution is 2.45. The van der Waals surface area contributed by atoms with Gasteiger partial charge >= 0.3 is 23.3 Å². The smallest absolute Gasteiger partial charge is 0.402 e. The Bertz CT molecular complexity index is 3500. The fraction of sp³-hybridized carbons (Fsp3) is 0.459. The zero-order valence-electron chi connectivity index (χ0n) is 50.5. The van der Waals surface area contributed by atoms with Gasteiger partial charge in [0.1, 0.15) is 128 Å². The number of rotatable bonds is 23. The molecule has 518 valence electrons. The first kappa shape index (κ1) is 71.1. The summed E-state index contributed by atoms with van der Waals surface area (Å²) in [6.45, 7) is -3.13. The molecule has 4 saturated heterocycles. The highest BCUT2D eigenvalue weighted by Gasteiger charge is 2.51. The maximum Gasteiger partial charge on any atom is 0.402 e. The molecule has 17 N–H and O–H groups in total. The van der Waals surface area contributed by atoms with E-state index in [0.29, 0.717) is 11.1 Å². The third kappa shape index (κ3) is 15.7. The van der Waals surface area contributed by atoms with E-state index in [9.17, 15) is 96.4 Å². The van der Waals surface area contributed by atoms with E-state index >= 15 is 0 Å². The third-order valence-electron chi connectivity index (χ3n) is 15.7. The van der Waals surface area contributed by atoms with Crippen LogP contribution in [-0.2, 0) is 42.7 Å². The summed E-state index contributed by atoms with van der Waals surface area (Å²) in [5.74, 6) is -5.44. The van der Waals surface area contributed by atoms with E-state index in [1.54, 1.807) is 0 Å². The Hall–Kier alpha value is -8.21. The number of ether oxygens (including phenoxy) is 14. The summed E-state index contributed by atoms with van der Waals surface area (Å²) in [5.41, 5.74) is 0.256. The molecule has 1 aromatic heterocycles. The lowest BCUT2D eigenvalue weighted by molar-refractivity contribution is -0.323. The average Bonchev–Trinajstić information content (AvgIpc) is 0.770. The van der Waals surface area contributed by atoms with E-state index in [1.807, 2.05) is 0 Å². The lowest BCUT2D eigenvalue weighted by atomic mass is 9.98. The van der Waals surface area contributed by atoms with Crippen molar-refractivity contribution in [2.75, 3.05) is 54.9 Å². The van der Waals surface area contributed by atoms with Gasteiger partial charge in [0.15, 0.2) is 40.8 Å². The molecule has 0 spiro atoms. The third-order valence-corrected chi connectivity index (χ3v) is 15.7. The van der Waals surface area contributed by atoms with E-state index in [0.717, 1.165) is 42.5 Å². The minimum absolute atomic E-state index is 0.0327. The van der Waals surface area contributed by atoms with Crippen molar-refractivity contribution in [3.8, 4) is 74.6 Å². The number of aromatic hydroxyl groups is 4. The van der Waals surface area contributed by atoms with Crippen molar-refractivity contribution in [2.45, 2.75) is 123 Å². The Kier molecular flexibility index (Phi) is 23.0. The standard InChI is InChI=1S/C61H70O34/c1-81-32-11-23(12-33(82-2)43(32)67)5-9-41(65)85-20-38-46(70)50(74)53(77)58(93-38)87-22-40-48(72)52(76)56(80)61(95-40)91-36-18-27-29(64)16-26(17-30(27)89-57(36)25-7-8-28(63)31(15-25)90-60-55(79)49(73)45(69)37(19-62)92-60)88-59-54(78)51(75)47(71)39(94-59)21-86-42(66)10-6-24-13-34(83-3)44(68)35(14-24)84-4/h5-18,37-40,45-56,58-62,69-80H,19-22H2,1-4H3,(H3-,63,64,65,66,67,68)/p+1. The number of carbonyl (C=O) groups excluding carboxylic acids is 2. The van der Waals surface area contributed by atoms with Crippen molar-refractivity contribution >= 4 is 35.1 Å². The second-order valence-corrected chi connectivity index (χ2v) is 21.9. The van der Waals surface area contributed by atoms with Crippen LogP contribution in [0.25, 0.3) is 34.4 Å². The second kappa shape index (κ2) is 30.7. The Morgan fingerprint density at radius 3 is 1.32 bits per heavy atom. The molecule has 0 radical (unpaired) electrons. The SMILES string of the molecule is COc1cc(/C=C/C(=O)OCC2OC(OCC3OC(Oc4cc5c(O)cc(OC6OC(COC(=O)/C=C/c7cc(OC)c(O)c(OC)c7)C(O)C(O)C6O)cc5[o+]c4-c4ccc(O)c(OC5OC(CO)C(O)C(O)C5O)c4)C(O)C(O)C3O)C(O)C(O)C2O)cc(OC)c1O. The van der Waals surface area contributed by atoms with Gasteiger partial charge in [0.2, 0.25) is 36.1 Å². The van der Waals surface area contributed by atoms with Crippen molar-refractivity contribution < 1.29 is 167 Å². The first-order valence-electron chi connectivity index (χ1n) is 28.9. The van der Waals surface area contributed by atoms with Gasteiger partial charge in [-0.3, -0.25) is 0 Å². The summed E-state index contributed by atoms with van der Waals surface area (Å²) in [6.07, 6.45) is -33.0. The minimum atomic E-state index is -2.14. The highest BCUT2D eigenvalue weighted by molar-refractivity contribution is 5.89. The molecule has 0 aliphatic carbocycles. The zero-order chi connectivity index (χ0) is 68.9. The zero-order valence-corrected chi connectivity index (χ0v) is 50.5. The molecule has 5 heterocycles. The molecule has 34 heteroatoms. The predicted octanol–water partition coefficient (Wildman–Crippen LogP) is -2.87. The van der Waals surface area contributed by atoms with Crippen LogP contribution in [0.5, 0.6) is 63.2 Å². The molecular formula is C61H71O34+. The summed E-state index contributed by atoms with van der Waals surface area (Å²) in [4.78, 5) is 25.6. The number of carbonyl (C=O) groups is 2. The first-order valence-corrected chi connectivity index (χ1v) is 28.9. The van der Waals surface area contributed by atoms with E-state index in [1.165, 1.54) is 70.9 Å². The lowest BCUT2D eigenvalue weighted by Gasteiger charge is -2.42. The Balaban J connectivity index is 0.951. The van der Waals surface area contributed by atoms with Gasteiger partial charge in [0, 0.05) is 30.4 Å². The number of aliphatic hydroxyl groups excluding tert-OH is 13. The molecule has 0 amide bonds. The van der Waals surface area contributed by atoms with Gasteiger partial charge in [0.05, 0.1) is 53.3 Å². The van der Waals surface area contributed by atoms with Gasteiger partial charge in [0.25, 0.3) is 0 Å². The average molecular weight is 1350 g/mol. The Labute approximate surface area is 537 Å². The van der Waals surface area contributed by atoms with E-state index in [-0.39, 0.29) is 56.8 Å². The number of fused-ring (bicyclic) bond motifs is 1. The van der Waals surface area contributed by atoms with Crippen LogP contribution in [0.15, 0.2) is 77.2 Å².